The summed E-state index contributed by atoms with van der Waals surface area (Å²) in [6, 6.07) is 7.91. The van der Waals surface area contributed by atoms with Gasteiger partial charge in [0, 0.05) is 18.7 Å². The fourth-order valence-electron chi connectivity index (χ4n) is 2.33. The van der Waals surface area contributed by atoms with Gasteiger partial charge in [-0.25, -0.2) is 0 Å². The molecule has 4 heteroatoms. The summed E-state index contributed by atoms with van der Waals surface area (Å²) in [5.41, 5.74) is 2.60. The highest BCUT2D eigenvalue weighted by Gasteiger charge is 2.22. The third kappa shape index (κ3) is 3.51. The molecule has 0 saturated heterocycles. The number of carbonyl (C=O) groups excluding carboxylic acids is 1. The summed E-state index contributed by atoms with van der Waals surface area (Å²) in [4.78, 5) is 14.5. The van der Waals surface area contributed by atoms with Gasteiger partial charge in [-0.05, 0) is 19.8 Å². The molecular formula is C17H22N2O2. The first-order valence-corrected chi connectivity index (χ1v) is 7.48. The maximum absolute atomic E-state index is 12.7. The van der Waals surface area contributed by atoms with Crippen LogP contribution in [0.25, 0.3) is 11.3 Å². The molecule has 2 rings (SSSR count). The summed E-state index contributed by atoms with van der Waals surface area (Å²) >= 11 is 0. The molecular weight excluding hydrogens is 264 g/mol. The van der Waals surface area contributed by atoms with Crippen LogP contribution < -0.4 is 0 Å². The summed E-state index contributed by atoms with van der Waals surface area (Å²) in [5.74, 6) is 0.549. The lowest BCUT2D eigenvalue weighted by atomic mass is 10.1. The minimum atomic E-state index is -0.00414. The van der Waals surface area contributed by atoms with Gasteiger partial charge in [0.05, 0.1) is 6.20 Å². The number of aryl methyl sites for hydroxylation is 1. The maximum Gasteiger partial charge on any atom is 0.259 e. The number of hydrogen-bond acceptors (Lipinski definition) is 3. The third-order valence-electron chi connectivity index (χ3n) is 3.39. The second-order valence-electron chi connectivity index (χ2n) is 5.23. The zero-order chi connectivity index (χ0) is 15.2. The smallest absolute Gasteiger partial charge is 0.259 e. The minimum Gasteiger partial charge on any atom is -0.355 e. The largest absolute Gasteiger partial charge is 0.355 e. The molecule has 2 aromatic rings. The SMILES string of the molecule is CCCN(CCC)C(=O)c1cnoc1-c1ccc(C)cc1. The van der Waals surface area contributed by atoms with E-state index in [2.05, 4.69) is 19.0 Å². The molecule has 0 aliphatic rings. The predicted octanol–water partition coefficient (Wildman–Crippen LogP) is 3.91. The van der Waals surface area contributed by atoms with E-state index in [4.69, 9.17) is 4.52 Å². The lowest BCUT2D eigenvalue weighted by Gasteiger charge is -2.20. The fraction of sp³-hybridized carbons (Fsp3) is 0.412. The van der Waals surface area contributed by atoms with E-state index in [1.807, 2.05) is 36.1 Å². The molecule has 0 fully saturated rings. The van der Waals surface area contributed by atoms with Gasteiger partial charge >= 0.3 is 0 Å². The summed E-state index contributed by atoms with van der Waals surface area (Å²) < 4.78 is 5.32. The first-order valence-electron chi connectivity index (χ1n) is 7.48. The fourth-order valence-corrected chi connectivity index (χ4v) is 2.33. The van der Waals surface area contributed by atoms with Gasteiger partial charge in [-0.1, -0.05) is 48.8 Å². The molecule has 0 atom stereocenters. The van der Waals surface area contributed by atoms with Crippen LogP contribution in [0.2, 0.25) is 0 Å². The Morgan fingerprint density at radius 2 is 1.76 bits per heavy atom. The Hall–Kier alpha value is -2.10. The second-order valence-corrected chi connectivity index (χ2v) is 5.23. The van der Waals surface area contributed by atoms with Gasteiger partial charge in [-0.2, -0.15) is 0 Å². The van der Waals surface area contributed by atoms with Crippen LogP contribution in [-0.2, 0) is 0 Å². The molecule has 4 nitrogen and oxygen atoms in total. The van der Waals surface area contributed by atoms with E-state index in [1.165, 1.54) is 11.8 Å². The average Bonchev–Trinajstić information content (AvgIpc) is 2.96. The number of rotatable bonds is 6. The van der Waals surface area contributed by atoms with Crippen LogP contribution in [0.4, 0.5) is 0 Å². The molecule has 21 heavy (non-hydrogen) atoms. The second kappa shape index (κ2) is 7.07. The summed E-state index contributed by atoms with van der Waals surface area (Å²) in [7, 11) is 0. The number of carbonyl (C=O) groups is 1. The monoisotopic (exact) mass is 286 g/mol. The van der Waals surface area contributed by atoms with Crippen molar-refractivity contribution in [1.82, 2.24) is 10.1 Å². The number of benzene rings is 1. The van der Waals surface area contributed by atoms with Gasteiger partial charge in [0.25, 0.3) is 5.91 Å². The molecule has 0 bridgehead atoms. The Bertz CT molecular complexity index is 581. The van der Waals surface area contributed by atoms with Crippen molar-refractivity contribution in [3.05, 3.63) is 41.6 Å². The van der Waals surface area contributed by atoms with E-state index in [0.29, 0.717) is 11.3 Å². The van der Waals surface area contributed by atoms with Crippen molar-refractivity contribution in [2.75, 3.05) is 13.1 Å². The number of amides is 1. The quantitative estimate of drug-likeness (QED) is 0.808. The van der Waals surface area contributed by atoms with Crippen molar-refractivity contribution in [1.29, 1.82) is 0 Å². The van der Waals surface area contributed by atoms with E-state index in [1.54, 1.807) is 0 Å². The highest BCUT2D eigenvalue weighted by Crippen LogP contribution is 2.25. The summed E-state index contributed by atoms with van der Waals surface area (Å²) in [6.45, 7) is 7.69. The van der Waals surface area contributed by atoms with Gasteiger partial charge in [-0.3, -0.25) is 4.79 Å². The lowest BCUT2D eigenvalue weighted by Crippen LogP contribution is -2.32. The maximum atomic E-state index is 12.7. The van der Waals surface area contributed by atoms with Crippen LogP contribution >= 0.6 is 0 Å². The molecule has 1 amide bonds. The Kier molecular flexibility index (Phi) is 5.14. The number of aromatic nitrogens is 1. The topological polar surface area (TPSA) is 46.3 Å². The van der Waals surface area contributed by atoms with Gasteiger partial charge in [-0.15, -0.1) is 0 Å². The molecule has 0 aliphatic carbocycles. The van der Waals surface area contributed by atoms with Crippen LogP contribution in [0.15, 0.2) is 35.0 Å². The summed E-state index contributed by atoms with van der Waals surface area (Å²) in [6.07, 6.45) is 3.41. The molecule has 1 aromatic carbocycles. The molecule has 0 spiro atoms. The van der Waals surface area contributed by atoms with E-state index in [0.717, 1.165) is 31.5 Å². The van der Waals surface area contributed by atoms with Crippen LogP contribution in [0.3, 0.4) is 0 Å². The molecule has 0 N–H and O–H groups in total. The van der Waals surface area contributed by atoms with Gasteiger partial charge < -0.3 is 9.42 Å². The van der Waals surface area contributed by atoms with E-state index >= 15 is 0 Å². The standard InChI is InChI=1S/C17H22N2O2/c1-4-10-19(11-5-2)17(20)15-12-18-21-16(15)14-8-6-13(3)7-9-14/h6-9,12H,4-5,10-11H2,1-3H3. The highest BCUT2D eigenvalue weighted by atomic mass is 16.5. The Labute approximate surface area is 125 Å². The molecule has 0 unspecified atom stereocenters. The van der Waals surface area contributed by atoms with Crippen LogP contribution in [0.1, 0.15) is 42.6 Å². The van der Waals surface area contributed by atoms with Gasteiger partial charge in [0.2, 0.25) is 0 Å². The van der Waals surface area contributed by atoms with Crippen molar-refractivity contribution in [3.63, 3.8) is 0 Å². The summed E-state index contributed by atoms with van der Waals surface area (Å²) in [5, 5.41) is 3.82. The first-order chi connectivity index (χ1) is 10.2. The zero-order valence-corrected chi connectivity index (χ0v) is 12.9. The number of nitrogens with zero attached hydrogens (tertiary/aromatic N) is 2. The van der Waals surface area contributed by atoms with Crippen LogP contribution in [0, 0.1) is 6.92 Å². The molecule has 1 heterocycles. The zero-order valence-electron chi connectivity index (χ0n) is 12.9. The van der Waals surface area contributed by atoms with Crippen LogP contribution in [-0.4, -0.2) is 29.1 Å². The van der Waals surface area contributed by atoms with Crippen molar-refractivity contribution in [3.8, 4) is 11.3 Å². The van der Waals surface area contributed by atoms with Crippen molar-refractivity contribution in [2.24, 2.45) is 0 Å². The van der Waals surface area contributed by atoms with E-state index in [9.17, 15) is 4.79 Å². The molecule has 0 radical (unpaired) electrons. The predicted molar refractivity (Wildman–Crippen MR) is 83.2 cm³/mol. The van der Waals surface area contributed by atoms with Crippen molar-refractivity contribution < 1.29 is 9.32 Å². The van der Waals surface area contributed by atoms with Gasteiger partial charge in [0.15, 0.2) is 5.76 Å². The number of hydrogen-bond donors (Lipinski definition) is 0. The van der Waals surface area contributed by atoms with Crippen LogP contribution in [0.5, 0.6) is 0 Å². The molecule has 1 aromatic heterocycles. The van der Waals surface area contributed by atoms with Gasteiger partial charge in [0.1, 0.15) is 5.56 Å². The van der Waals surface area contributed by atoms with Crippen molar-refractivity contribution in [2.45, 2.75) is 33.6 Å². The minimum absolute atomic E-state index is 0.00414. The molecule has 0 saturated carbocycles. The third-order valence-corrected chi connectivity index (χ3v) is 3.39. The van der Waals surface area contributed by atoms with Crippen molar-refractivity contribution >= 4 is 5.91 Å². The lowest BCUT2D eigenvalue weighted by molar-refractivity contribution is 0.0756. The normalized spacial score (nSPS) is 10.6. The van der Waals surface area contributed by atoms with E-state index in [-0.39, 0.29) is 5.91 Å². The Morgan fingerprint density at radius 3 is 2.33 bits per heavy atom. The molecule has 112 valence electrons. The first kappa shape index (κ1) is 15.3. The highest BCUT2D eigenvalue weighted by molar-refractivity contribution is 5.99. The van der Waals surface area contributed by atoms with E-state index < -0.39 is 0 Å². The molecule has 0 aliphatic heterocycles. The Morgan fingerprint density at radius 1 is 1.14 bits per heavy atom. The Balaban J connectivity index is 2.30. The average molecular weight is 286 g/mol.